The van der Waals surface area contributed by atoms with Gasteiger partial charge in [0.05, 0.1) is 0 Å². The van der Waals surface area contributed by atoms with Crippen LogP contribution in [0.4, 0.5) is 0 Å². The van der Waals surface area contributed by atoms with Gasteiger partial charge in [-0.1, -0.05) is 32.4 Å². The van der Waals surface area contributed by atoms with Crippen LogP contribution in [-0.4, -0.2) is 36.7 Å². The summed E-state index contributed by atoms with van der Waals surface area (Å²) in [4.78, 5) is 2.63. The molecule has 3 nitrogen and oxygen atoms in total. The molecule has 1 N–H and O–H groups in total. The lowest BCUT2D eigenvalue weighted by molar-refractivity contribution is 0.126. The van der Waals surface area contributed by atoms with E-state index < -0.39 is 0 Å². The number of ether oxygens (including phenoxy) is 1. The van der Waals surface area contributed by atoms with Crippen LogP contribution in [0.15, 0.2) is 24.3 Å². The lowest BCUT2D eigenvalue weighted by Crippen LogP contribution is -2.46. The zero-order valence-electron chi connectivity index (χ0n) is 14.9. The summed E-state index contributed by atoms with van der Waals surface area (Å²) in [5.41, 5.74) is 1.27. The summed E-state index contributed by atoms with van der Waals surface area (Å²) in [6.07, 6.45) is 1.20. The molecule has 0 saturated carbocycles. The van der Waals surface area contributed by atoms with Crippen molar-refractivity contribution in [3.63, 3.8) is 0 Å². The molecule has 1 aliphatic rings. The summed E-state index contributed by atoms with van der Waals surface area (Å²) in [6.45, 7) is 15.4. The predicted molar refractivity (Wildman–Crippen MR) is 93.5 cm³/mol. The number of piperazine rings is 1. The average Bonchev–Trinajstić information content (AvgIpc) is 2.48. The SMILES string of the molecule is CCC(C)[C@H](c1ccc(OC(C)(C)C)cc1)N1CCNCC1. The summed E-state index contributed by atoms with van der Waals surface area (Å²) in [5.74, 6) is 1.62. The van der Waals surface area contributed by atoms with E-state index in [1.54, 1.807) is 0 Å². The van der Waals surface area contributed by atoms with E-state index in [1.165, 1.54) is 12.0 Å². The molecule has 0 amide bonds. The Morgan fingerprint density at radius 1 is 1.14 bits per heavy atom. The monoisotopic (exact) mass is 304 g/mol. The molecule has 2 rings (SSSR count). The molecule has 1 aromatic rings. The normalized spacial score (nSPS) is 19.7. The van der Waals surface area contributed by atoms with Crippen LogP contribution < -0.4 is 10.1 Å². The zero-order valence-corrected chi connectivity index (χ0v) is 14.9. The van der Waals surface area contributed by atoms with Gasteiger partial charge in [-0.05, 0) is 44.4 Å². The minimum atomic E-state index is -0.143. The zero-order chi connectivity index (χ0) is 16.2. The molecule has 0 radical (unpaired) electrons. The van der Waals surface area contributed by atoms with Crippen LogP contribution in [0, 0.1) is 5.92 Å². The Hall–Kier alpha value is -1.06. The van der Waals surface area contributed by atoms with E-state index in [0.29, 0.717) is 12.0 Å². The molecule has 1 aliphatic heterocycles. The topological polar surface area (TPSA) is 24.5 Å². The molecular formula is C19H32N2O. The van der Waals surface area contributed by atoms with Crippen LogP contribution in [-0.2, 0) is 0 Å². The lowest BCUT2D eigenvalue weighted by atomic mass is 9.90. The van der Waals surface area contributed by atoms with E-state index in [2.05, 4.69) is 69.1 Å². The Balaban J connectivity index is 2.16. The molecule has 1 heterocycles. The quantitative estimate of drug-likeness (QED) is 0.894. The van der Waals surface area contributed by atoms with E-state index >= 15 is 0 Å². The molecule has 0 bridgehead atoms. The van der Waals surface area contributed by atoms with Crippen molar-refractivity contribution in [2.24, 2.45) is 5.92 Å². The number of hydrogen-bond donors (Lipinski definition) is 1. The number of nitrogens with one attached hydrogen (secondary N) is 1. The van der Waals surface area contributed by atoms with Crippen LogP contribution in [0.2, 0.25) is 0 Å². The molecule has 0 aromatic heterocycles. The first-order valence-corrected chi connectivity index (χ1v) is 8.64. The molecule has 2 atom stereocenters. The number of rotatable bonds is 5. The second kappa shape index (κ2) is 7.47. The van der Waals surface area contributed by atoms with Crippen molar-refractivity contribution in [2.45, 2.75) is 52.7 Å². The number of benzene rings is 1. The van der Waals surface area contributed by atoms with Gasteiger partial charge in [0.25, 0.3) is 0 Å². The van der Waals surface area contributed by atoms with Crippen molar-refractivity contribution in [2.75, 3.05) is 26.2 Å². The Kier molecular flexibility index (Phi) is 5.87. The smallest absolute Gasteiger partial charge is 0.120 e. The first kappa shape index (κ1) is 17.3. The van der Waals surface area contributed by atoms with Crippen molar-refractivity contribution in [1.82, 2.24) is 10.2 Å². The minimum absolute atomic E-state index is 0.143. The van der Waals surface area contributed by atoms with Gasteiger partial charge in [0.2, 0.25) is 0 Å². The van der Waals surface area contributed by atoms with E-state index in [-0.39, 0.29) is 5.60 Å². The fraction of sp³-hybridized carbons (Fsp3) is 0.684. The highest BCUT2D eigenvalue weighted by Gasteiger charge is 2.26. The van der Waals surface area contributed by atoms with Gasteiger partial charge in [0.15, 0.2) is 0 Å². The Labute approximate surface area is 136 Å². The Morgan fingerprint density at radius 3 is 2.23 bits per heavy atom. The molecule has 1 aromatic carbocycles. The first-order valence-electron chi connectivity index (χ1n) is 8.64. The van der Waals surface area contributed by atoms with Crippen LogP contribution >= 0.6 is 0 Å². The predicted octanol–water partition coefficient (Wildman–Crippen LogP) is 3.86. The first-order chi connectivity index (χ1) is 10.4. The van der Waals surface area contributed by atoms with E-state index in [4.69, 9.17) is 4.74 Å². The largest absolute Gasteiger partial charge is 0.488 e. The molecule has 1 saturated heterocycles. The summed E-state index contributed by atoms with van der Waals surface area (Å²) in [6, 6.07) is 9.26. The highest BCUT2D eigenvalue weighted by Crippen LogP contribution is 2.32. The maximum absolute atomic E-state index is 5.95. The molecule has 1 fully saturated rings. The summed E-state index contributed by atoms with van der Waals surface area (Å²) < 4.78 is 5.95. The van der Waals surface area contributed by atoms with Crippen LogP contribution in [0.1, 0.15) is 52.6 Å². The fourth-order valence-corrected chi connectivity index (χ4v) is 3.17. The highest BCUT2D eigenvalue weighted by molar-refractivity contribution is 5.30. The molecule has 0 spiro atoms. The third-order valence-corrected chi connectivity index (χ3v) is 4.37. The van der Waals surface area contributed by atoms with Crippen LogP contribution in [0.5, 0.6) is 5.75 Å². The van der Waals surface area contributed by atoms with Crippen LogP contribution in [0.25, 0.3) is 0 Å². The van der Waals surface area contributed by atoms with E-state index in [9.17, 15) is 0 Å². The Bertz CT molecular complexity index is 443. The van der Waals surface area contributed by atoms with Gasteiger partial charge in [-0.25, -0.2) is 0 Å². The molecule has 0 aliphatic carbocycles. The standard InChI is InChI=1S/C19H32N2O/c1-6-15(2)18(21-13-11-20-12-14-21)16-7-9-17(10-8-16)22-19(3,4)5/h7-10,15,18,20H,6,11-14H2,1-5H3/t15?,18-/m1/s1. The fourth-order valence-electron chi connectivity index (χ4n) is 3.17. The summed E-state index contributed by atoms with van der Waals surface area (Å²) in [7, 11) is 0. The second-order valence-corrected chi connectivity index (χ2v) is 7.40. The molecule has 3 heteroatoms. The van der Waals surface area contributed by atoms with E-state index in [0.717, 1.165) is 31.9 Å². The van der Waals surface area contributed by atoms with Gasteiger partial charge in [0, 0.05) is 32.2 Å². The van der Waals surface area contributed by atoms with Gasteiger partial charge in [0.1, 0.15) is 11.4 Å². The lowest BCUT2D eigenvalue weighted by Gasteiger charge is -2.38. The van der Waals surface area contributed by atoms with Crippen LogP contribution in [0.3, 0.4) is 0 Å². The second-order valence-electron chi connectivity index (χ2n) is 7.40. The van der Waals surface area contributed by atoms with Crippen molar-refractivity contribution < 1.29 is 4.74 Å². The number of nitrogens with zero attached hydrogens (tertiary/aromatic N) is 1. The molecule has 124 valence electrons. The van der Waals surface area contributed by atoms with Gasteiger partial charge in [-0.15, -0.1) is 0 Å². The average molecular weight is 304 g/mol. The maximum Gasteiger partial charge on any atom is 0.120 e. The van der Waals surface area contributed by atoms with Gasteiger partial charge >= 0.3 is 0 Å². The van der Waals surface area contributed by atoms with E-state index in [1.807, 2.05) is 0 Å². The van der Waals surface area contributed by atoms with Crippen molar-refractivity contribution in [1.29, 1.82) is 0 Å². The third kappa shape index (κ3) is 4.72. The minimum Gasteiger partial charge on any atom is -0.488 e. The molecular weight excluding hydrogens is 272 g/mol. The Morgan fingerprint density at radius 2 is 1.73 bits per heavy atom. The van der Waals surface area contributed by atoms with Crippen molar-refractivity contribution in [3.05, 3.63) is 29.8 Å². The third-order valence-electron chi connectivity index (χ3n) is 4.37. The maximum atomic E-state index is 5.95. The number of hydrogen-bond acceptors (Lipinski definition) is 3. The highest BCUT2D eigenvalue weighted by atomic mass is 16.5. The van der Waals surface area contributed by atoms with Gasteiger partial charge < -0.3 is 10.1 Å². The van der Waals surface area contributed by atoms with Gasteiger partial charge in [-0.2, -0.15) is 0 Å². The van der Waals surface area contributed by atoms with Crippen molar-refractivity contribution in [3.8, 4) is 5.75 Å². The summed E-state index contributed by atoms with van der Waals surface area (Å²) >= 11 is 0. The van der Waals surface area contributed by atoms with Crippen molar-refractivity contribution >= 4 is 0 Å². The molecule has 22 heavy (non-hydrogen) atoms. The molecule has 1 unspecified atom stereocenters. The summed E-state index contributed by atoms with van der Waals surface area (Å²) in [5, 5.41) is 3.45. The van der Waals surface area contributed by atoms with Gasteiger partial charge in [-0.3, -0.25) is 4.90 Å².